The summed E-state index contributed by atoms with van der Waals surface area (Å²) in [6.07, 6.45) is 3.59. The summed E-state index contributed by atoms with van der Waals surface area (Å²) in [5.41, 5.74) is 1.05. The number of carboxylic acid groups (broad SMARTS) is 1. The normalized spacial score (nSPS) is 25.2. The summed E-state index contributed by atoms with van der Waals surface area (Å²) in [7, 11) is 0. The lowest BCUT2D eigenvalue weighted by molar-refractivity contribution is -0.138. The topological polar surface area (TPSA) is 67.2 Å². The van der Waals surface area contributed by atoms with Crippen molar-refractivity contribution in [3.8, 4) is 0 Å². The highest BCUT2D eigenvalue weighted by Crippen LogP contribution is 2.33. The summed E-state index contributed by atoms with van der Waals surface area (Å²) < 4.78 is 2.06. The van der Waals surface area contributed by atoms with Crippen molar-refractivity contribution in [2.75, 3.05) is 5.75 Å². The van der Waals surface area contributed by atoms with Gasteiger partial charge in [-0.15, -0.1) is 11.8 Å². The summed E-state index contributed by atoms with van der Waals surface area (Å²) in [4.78, 5) is 15.0. The lowest BCUT2D eigenvalue weighted by atomic mass is 10.3. The molecule has 0 saturated carbocycles. The summed E-state index contributed by atoms with van der Waals surface area (Å²) >= 11 is 1.62. The summed E-state index contributed by atoms with van der Waals surface area (Å²) in [6, 6.07) is -0.116. The highest BCUT2D eigenvalue weighted by atomic mass is 32.2. The van der Waals surface area contributed by atoms with Gasteiger partial charge in [0.15, 0.2) is 0 Å². The van der Waals surface area contributed by atoms with Gasteiger partial charge >= 0.3 is 5.97 Å². The summed E-state index contributed by atoms with van der Waals surface area (Å²) in [5, 5.41) is 12.0. The minimum Gasteiger partial charge on any atom is -0.480 e. The molecule has 6 heteroatoms. The van der Waals surface area contributed by atoms with Crippen molar-refractivity contribution in [2.24, 2.45) is 0 Å². The van der Waals surface area contributed by atoms with Crippen LogP contribution in [0, 0.1) is 0 Å². The second-order valence-corrected chi connectivity index (χ2v) is 5.23. The van der Waals surface area contributed by atoms with E-state index in [1.54, 1.807) is 24.3 Å². The molecule has 1 aromatic heterocycles. The number of carbonyl (C=O) groups is 1. The van der Waals surface area contributed by atoms with Crippen molar-refractivity contribution < 1.29 is 9.90 Å². The predicted octanol–water partition coefficient (Wildman–Crippen LogP) is 1.25. The maximum atomic E-state index is 10.8. The molecule has 2 N–H and O–H groups in total. The number of rotatable bonds is 3. The summed E-state index contributed by atoms with van der Waals surface area (Å²) in [5.74, 6) is -0.186. The number of imidazole rings is 1. The lowest BCUT2D eigenvalue weighted by Gasteiger charge is -2.16. The van der Waals surface area contributed by atoms with E-state index < -0.39 is 12.0 Å². The quantitative estimate of drug-likeness (QED) is 0.833. The van der Waals surface area contributed by atoms with Crippen molar-refractivity contribution >= 4 is 17.7 Å². The van der Waals surface area contributed by atoms with Crippen LogP contribution in [0.2, 0.25) is 0 Å². The number of nitrogens with zero attached hydrogens (tertiary/aromatic N) is 2. The molecule has 2 atom stereocenters. The van der Waals surface area contributed by atoms with E-state index in [-0.39, 0.29) is 5.37 Å². The van der Waals surface area contributed by atoms with E-state index in [1.807, 2.05) is 0 Å². The van der Waals surface area contributed by atoms with Gasteiger partial charge in [-0.25, -0.2) is 4.98 Å². The number of aromatic nitrogens is 2. The largest absolute Gasteiger partial charge is 0.480 e. The second-order valence-electron chi connectivity index (χ2n) is 4.09. The van der Waals surface area contributed by atoms with Crippen LogP contribution in [-0.2, 0) is 4.79 Å². The number of nitrogens with one attached hydrogen (secondary N) is 1. The van der Waals surface area contributed by atoms with Crippen molar-refractivity contribution in [3.05, 3.63) is 18.2 Å². The third-order valence-electron chi connectivity index (χ3n) is 2.60. The Bertz CT molecular complexity index is 391. The van der Waals surface area contributed by atoms with Gasteiger partial charge in [-0.1, -0.05) is 0 Å². The van der Waals surface area contributed by atoms with E-state index in [2.05, 4.69) is 28.7 Å². The van der Waals surface area contributed by atoms with Crippen LogP contribution in [-0.4, -0.2) is 32.4 Å². The van der Waals surface area contributed by atoms with Gasteiger partial charge in [-0.3, -0.25) is 10.1 Å². The first kappa shape index (κ1) is 11.5. The Hall–Kier alpha value is -1.01. The monoisotopic (exact) mass is 241 g/mol. The van der Waals surface area contributed by atoms with Crippen molar-refractivity contribution in [1.29, 1.82) is 0 Å². The van der Waals surface area contributed by atoms with E-state index in [4.69, 9.17) is 5.11 Å². The third-order valence-corrected chi connectivity index (χ3v) is 3.84. The SMILES string of the molecule is CC(C)n1cncc1C1NC(C(=O)O)CS1. The molecule has 16 heavy (non-hydrogen) atoms. The fourth-order valence-corrected chi connectivity index (χ4v) is 2.97. The Morgan fingerprint density at radius 3 is 3.06 bits per heavy atom. The molecule has 0 spiro atoms. The standard InChI is InChI=1S/C10H15N3O2S/c1-6(2)13-5-11-3-8(13)9-12-7(4-16-9)10(14)15/h3,5-7,9,12H,4H2,1-2H3,(H,14,15). The maximum Gasteiger partial charge on any atom is 0.321 e. The van der Waals surface area contributed by atoms with Crippen LogP contribution in [0.5, 0.6) is 0 Å². The van der Waals surface area contributed by atoms with E-state index in [0.717, 1.165) is 5.69 Å². The Morgan fingerprint density at radius 2 is 2.50 bits per heavy atom. The highest BCUT2D eigenvalue weighted by Gasteiger charge is 2.32. The Morgan fingerprint density at radius 1 is 1.75 bits per heavy atom. The van der Waals surface area contributed by atoms with Gasteiger partial charge in [0.25, 0.3) is 0 Å². The molecular formula is C10H15N3O2S. The van der Waals surface area contributed by atoms with Crippen LogP contribution in [0.3, 0.4) is 0 Å². The van der Waals surface area contributed by atoms with Crippen LogP contribution >= 0.6 is 11.8 Å². The average molecular weight is 241 g/mol. The molecule has 0 amide bonds. The molecular weight excluding hydrogens is 226 g/mol. The van der Waals surface area contributed by atoms with Crippen LogP contribution in [0.1, 0.15) is 31.0 Å². The van der Waals surface area contributed by atoms with Gasteiger partial charge in [-0.2, -0.15) is 0 Å². The number of hydrogen-bond acceptors (Lipinski definition) is 4. The molecule has 5 nitrogen and oxygen atoms in total. The van der Waals surface area contributed by atoms with Crippen molar-refractivity contribution in [2.45, 2.75) is 31.3 Å². The molecule has 1 aliphatic heterocycles. The van der Waals surface area contributed by atoms with E-state index in [0.29, 0.717) is 11.8 Å². The molecule has 0 aromatic carbocycles. The summed E-state index contributed by atoms with van der Waals surface area (Å²) in [6.45, 7) is 4.17. The van der Waals surface area contributed by atoms with Gasteiger partial charge in [0.1, 0.15) is 6.04 Å². The first-order chi connectivity index (χ1) is 7.59. The number of aliphatic carboxylic acids is 1. The van der Waals surface area contributed by atoms with E-state index in [9.17, 15) is 4.79 Å². The van der Waals surface area contributed by atoms with E-state index >= 15 is 0 Å². The van der Waals surface area contributed by atoms with Crippen molar-refractivity contribution in [3.63, 3.8) is 0 Å². The minimum atomic E-state index is -0.786. The molecule has 1 saturated heterocycles. The predicted molar refractivity (Wildman–Crippen MR) is 62.4 cm³/mol. The molecule has 2 rings (SSSR count). The molecule has 2 unspecified atom stereocenters. The third kappa shape index (κ3) is 2.08. The average Bonchev–Trinajstić information content (AvgIpc) is 2.86. The Labute approximate surface area is 98.2 Å². The second kappa shape index (κ2) is 4.47. The fraction of sp³-hybridized carbons (Fsp3) is 0.600. The van der Waals surface area contributed by atoms with Gasteiger partial charge in [-0.05, 0) is 13.8 Å². The van der Waals surface area contributed by atoms with Gasteiger partial charge in [0.05, 0.1) is 23.6 Å². The van der Waals surface area contributed by atoms with Gasteiger partial charge in [0.2, 0.25) is 0 Å². The van der Waals surface area contributed by atoms with Gasteiger partial charge < -0.3 is 9.67 Å². The molecule has 0 radical (unpaired) electrons. The Balaban J connectivity index is 2.14. The van der Waals surface area contributed by atoms with Crippen LogP contribution in [0.4, 0.5) is 0 Å². The zero-order chi connectivity index (χ0) is 11.7. The molecule has 0 bridgehead atoms. The lowest BCUT2D eigenvalue weighted by Crippen LogP contribution is -2.34. The zero-order valence-corrected chi connectivity index (χ0v) is 10.1. The molecule has 88 valence electrons. The highest BCUT2D eigenvalue weighted by molar-refractivity contribution is 7.99. The van der Waals surface area contributed by atoms with Gasteiger partial charge in [0, 0.05) is 11.8 Å². The number of hydrogen-bond donors (Lipinski definition) is 2. The smallest absolute Gasteiger partial charge is 0.321 e. The minimum absolute atomic E-state index is 0.0333. The fourth-order valence-electron chi connectivity index (χ4n) is 1.73. The molecule has 1 aromatic rings. The molecule has 0 aliphatic carbocycles. The molecule has 1 aliphatic rings. The van der Waals surface area contributed by atoms with E-state index in [1.165, 1.54) is 0 Å². The number of carboxylic acids is 1. The molecule has 1 fully saturated rings. The molecule has 2 heterocycles. The maximum absolute atomic E-state index is 10.8. The van der Waals surface area contributed by atoms with Crippen LogP contribution in [0.25, 0.3) is 0 Å². The number of thioether (sulfide) groups is 1. The zero-order valence-electron chi connectivity index (χ0n) is 9.25. The Kier molecular flexibility index (Phi) is 3.20. The van der Waals surface area contributed by atoms with Crippen molar-refractivity contribution in [1.82, 2.24) is 14.9 Å². The first-order valence-corrected chi connectivity index (χ1v) is 6.26. The van der Waals surface area contributed by atoms with Crippen LogP contribution < -0.4 is 5.32 Å². The first-order valence-electron chi connectivity index (χ1n) is 5.21. The van der Waals surface area contributed by atoms with Crippen LogP contribution in [0.15, 0.2) is 12.5 Å².